The molecule has 1 amide bonds. The maximum absolute atomic E-state index is 12.9. The highest BCUT2D eigenvalue weighted by atomic mass is 32.2. The molecule has 0 bridgehead atoms. The highest BCUT2D eigenvalue weighted by molar-refractivity contribution is 7.92. The second kappa shape index (κ2) is 10.8. The van der Waals surface area contributed by atoms with E-state index in [0.717, 1.165) is 23.4 Å². The van der Waals surface area contributed by atoms with Crippen molar-refractivity contribution in [1.29, 1.82) is 0 Å². The lowest BCUT2D eigenvalue weighted by Gasteiger charge is -2.30. The van der Waals surface area contributed by atoms with E-state index in [2.05, 4.69) is 5.32 Å². The van der Waals surface area contributed by atoms with E-state index in [-0.39, 0.29) is 6.42 Å². The predicted octanol–water partition coefficient (Wildman–Crippen LogP) is 3.83. The summed E-state index contributed by atoms with van der Waals surface area (Å²) < 4.78 is 31.1. The molecule has 2 aromatic rings. The van der Waals surface area contributed by atoms with E-state index in [1.807, 2.05) is 6.92 Å². The Morgan fingerprint density at radius 1 is 1.03 bits per heavy atom. The second-order valence-corrected chi connectivity index (χ2v) is 8.73. The summed E-state index contributed by atoms with van der Waals surface area (Å²) in [7, 11) is -3.68. The first-order valence-electron chi connectivity index (χ1n) is 9.90. The van der Waals surface area contributed by atoms with Gasteiger partial charge in [0.2, 0.25) is 15.9 Å². The second-order valence-electron chi connectivity index (χ2n) is 6.87. The zero-order valence-electron chi connectivity index (χ0n) is 17.5. The number of anilines is 2. The molecule has 8 heteroatoms. The molecule has 0 radical (unpaired) electrons. The Balaban J connectivity index is 2.15. The van der Waals surface area contributed by atoms with Crippen molar-refractivity contribution < 1.29 is 22.7 Å². The number of carbonyl (C=O) groups is 2. The van der Waals surface area contributed by atoms with Crippen LogP contribution < -0.4 is 9.62 Å². The minimum atomic E-state index is -3.68. The molecular formula is C22H28N2O5S. The van der Waals surface area contributed by atoms with Crippen LogP contribution in [0.5, 0.6) is 0 Å². The molecule has 0 spiro atoms. The molecule has 0 saturated heterocycles. The molecule has 1 atom stereocenters. The SMILES string of the molecule is CCCCOC(=O)c1ccc(NC(=O)[C@H](CC)N(c2ccccc2)S(C)(=O)=O)cc1. The molecule has 2 aromatic carbocycles. The van der Waals surface area contributed by atoms with Crippen LogP contribution in [0.1, 0.15) is 43.5 Å². The average molecular weight is 433 g/mol. The number of esters is 1. The summed E-state index contributed by atoms with van der Waals surface area (Å²) in [5, 5.41) is 2.74. The molecule has 0 fully saturated rings. The quantitative estimate of drug-likeness (QED) is 0.455. The lowest BCUT2D eigenvalue weighted by atomic mass is 10.1. The third-order valence-electron chi connectivity index (χ3n) is 4.46. The summed E-state index contributed by atoms with van der Waals surface area (Å²) in [5.41, 5.74) is 1.27. The third kappa shape index (κ3) is 6.32. The zero-order chi connectivity index (χ0) is 22.1. The van der Waals surface area contributed by atoms with Gasteiger partial charge in [-0.25, -0.2) is 13.2 Å². The summed E-state index contributed by atoms with van der Waals surface area (Å²) in [6, 6.07) is 13.9. The van der Waals surface area contributed by atoms with Crippen molar-refractivity contribution in [1.82, 2.24) is 0 Å². The first-order chi connectivity index (χ1) is 14.3. The van der Waals surface area contributed by atoms with E-state index in [9.17, 15) is 18.0 Å². The molecule has 2 rings (SSSR count). The number of nitrogens with one attached hydrogen (secondary N) is 1. The molecule has 0 aromatic heterocycles. The van der Waals surface area contributed by atoms with E-state index in [0.29, 0.717) is 23.5 Å². The molecule has 7 nitrogen and oxygen atoms in total. The van der Waals surface area contributed by atoms with Crippen LogP contribution in [0.25, 0.3) is 0 Å². The molecule has 0 saturated carbocycles. The number of hydrogen-bond donors (Lipinski definition) is 1. The molecule has 0 heterocycles. The molecule has 0 aliphatic rings. The smallest absolute Gasteiger partial charge is 0.338 e. The first-order valence-corrected chi connectivity index (χ1v) is 11.7. The standard InChI is InChI=1S/C22H28N2O5S/c1-4-6-16-29-22(26)17-12-14-18(15-13-17)23-21(25)20(5-2)24(30(3,27)28)19-10-8-7-9-11-19/h7-15,20H,4-6,16H2,1-3H3,(H,23,25)/t20-/m0/s1. The van der Waals surface area contributed by atoms with Crippen LogP contribution in [0.15, 0.2) is 54.6 Å². The van der Waals surface area contributed by atoms with E-state index in [4.69, 9.17) is 4.74 Å². The Morgan fingerprint density at radius 2 is 1.67 bits per heavy atom. The van der Waals surface area contributed by atoms with Gasteiger partial charge in [0.25, 0.3) is 0 Å². The Hall–Kier alpha value is -2.87. The minimum Gasteiger partial charge on any atom is -0.462 e. The summed E-state index contributed by atoms with van der Waals surface area (Å²) in [4.78, 5) is 24.9. The fraction of sp³-hybridized carbons (Fsp3) is 0.364. The number of sulfonamides is 1. The molecule has 0 unspecified atom stereocenters. The van der Waals surface area contributed by atoms with Gasteiger partial charge in [-0.05, 0) is 49.2 Å². The number of amides is 1. The maximum atomic E-state index is 12.9. The minimum absolute atomic E-state index is 0.287. The fourth-order valence-corrected chi connectivity index (χ4v) is 4.15. The number of benzene rings is 2. The molecule has 162 valence electrons. The Bertz CT molecular complexity index is 943. The van der Waals surface area contributed by atoms with Gasteiger partial charge >= 0.3 is 5.97 Å². The highest BCUT2D eigenvalue weighted by Crippen LogP contribution is 2.23. The zero-order valence-corrected chi connectivity index (χ0v) is 18.3. The maximum Gasteiger partial charge on any atom is 0.338 e. The van der Waals surface area contributed by atoms with Crippen LogP contribution in [-0.4, -0.2) is 39.2 Å². The van der Waals surface area contributed by atoms with Crippen molar-refractivity contribution in [3.63, 3.8) is 0 Å². The number of hydrogen-bond acceptors (Lipinski definition) is 5. The van der Waals surface area contributed by atoms with Gasteiger partial charge in [0.15, 0.2) is 0 Å². The molecule has 0 aliphatic carbocycles. The van der Waals surface area contributed by atoms with Gasteiger partial charge in [-0.1, -0.05) is 38.5 Å². The number of para-hydroxylation sites is 1. The number of ether oxygens (including phenoxy) is 1. The van der Waals surface area contributed by atoms with Gasteiger partial charge in [0.05, 0.1) is 24.1 Å². The number of nitrogens with zero attached hydrogens (tertiary/aromatic N) is 1. The summed E-state index contributed by atoms with van der Waals surface area (Å²) in [6.07, 6.45) is 3.10. The first kappa shape index (κ1) is 23.4. The third-order valence-corrected chi connectivity index (χ3v) is 5.64. The van der Waals surface area contributed by atoms with Gasteiger partial charge in [0, 0.05) is 5.69 Å². The van der Waals surface area contributed by atoms with Crippen molar-refractivity contribution in [2.24, 2.45) is 0 Å². The normalized spacial score (nSPS) is 12.1. The number of unbranched alkanes of at least 4 members (excludes halogenated alkanes) is 1. The van der Waals surface area contributed by atoms with Crippen LogP contribution in [-0.2, 0) is 19.6 Å². The van der Waals surface area contributed by atoms with Crippen molar-refractivity contribution >= 4 is 33.3 Å². The van der Waals surface area contributed by atoms with Crippen LogP contribution in [0.3, 0.4) is 0 Å². The largest absolute Gasteiger partial charge is 0.462 e. The van der Waals surface area contributed by atoms with Crippen LogP contribution in [0.2, 0.25) is 0 Å². The van der Waals surface area contributed by atoms with Crippen molar-refractivity contribution in [3.05, 3.63) is 60.2 Å². The topological polar surface area (TPSA) is 92.8 Å². The molecule has 0 aliphatic heterocycles. The van der Waals surface area contributed by atoms with Crippen molar-refractivity contribution in [2.75, 3.05) is 22.5 Å². The van der Waals surface area contributed by atoms with Crippen LogP contribution in [0.4, 0.5) is 11.4 Å². The lowest BCUT2D eigenvalue weighted by molar-refractivity contribution is -0.117. The Kier molecular flexibility index (Phi) is 8.41. The van der Waals surface area contributed by atoms with E-state index in [1.165, 1.54) is 0 Å². The van der Waals surface area contributed by atoms with Gasteiger partial charge in [0.1, 0.15) is 6.04 Å². The van der Waals surface area contributed by atoms with Gasteiger partial charge in [-0.2, -0.15) is 0 Å². The highest BCUT2D eigenvalue weighted by Gasteiger charge is 2.31. The molecule has 1 N–H and O–H groups in total. The van der Waals surface area contributed by atoms with Gasteiger partial charge < -0.3 is 10.1 Å². The van der Waals surface area contributed by atoms with Crippen molar-refractivity contribution in [3.8, 4) is 0 Å². The lowest BCUT2D eigenvalue weighted by Crippen LogP contribution is -2.46. The van der Waals surface area contributed by atoms with E-state index >= 15 is 0 Å². The Labute approximate surface area is 178 Å². The molecule has 30 heavy (non-hydrogen) atoms. The average Bonchev–Trinajstić information content (AvgIpc) is 2.72. The summed E-state index contributed by atoms with van der Waals surface area (Å²) in [6.45, 7) is 4.13. The fourth-order valence-electron chi connectivity index (χ4n) is 2.94. The summed E-state index contributed by atoms with van der Waals surface area (Å²) in [5.74, 6) is -0.870. The van der Waals surface area contributed by atoms with Gasteiger partial charge in [-0.15, -0.1) is 0 Å². The van der Waals surface area contributed by atoms with E-state index in [1.54, 1.807) is 61.5 Å². The monoisotopic (exact) mass is 432 g/mol. The molecular weight excluding hydrogens is 404 g/mol. The van der Waals surface area contributed by atoms with Crippen LogP contribution in [0, 0.1) is 0 Å². The predicted molar refractivity (Wildman–Crippen MR) is 118 cm³/mol. The Morgan fingerprint density at radius 3 is 2.20 bits per heavy atom. The van der Waals surface area contributed by atoms with E-state index < -0.39 is 27.9 Å². The summed E-state index contributed by atoms with van der Waals surface area (Å²) >= 11 is 0. The van der Waals surface area contributed by atoms with Gasteiger partial charge in [-0.3, -0.25) is 9.10 Å². The van der Waals surface area contributed by atoms with Crippen LogP contribution >= 0.6 is 0 Å². The van der Waals surface area contributed by atoms with Crippen molar-refractivity contribution in [2.45, 2.75) is 39.2 Å². The number of rotatable bonds is 10. The number of carbonyl (C=O) groups excluding carboxylic acids is 2.